The lowest BCUT2D eigenvalue weighted by Gasteiger charge is -2.27. The molecule has 0 aromatic heterocycles. The Morgan fingerprint density at radius 3 is 0.625 bits per heavy atom. The van der Waals surface area contributed by atoms with Gasteiger partial charge in [0.05, 0.1) is 0 Å². The predicted octanol–water partition coefficient (Wildman–Crippen LogP) is 1.56. The summed E-state index contributed by atoms with van der Waals surface area (Å²) in [7, 11) is -27.8. The normalized spacial score (nSPS) is 31.5. The lowest BCUT2D eigenvalue weighted by molar-refractivity contribution is 0.0477. The first-order chi connectivity index (χ1) is 6.83. The van der Waals surface area contributed by atoms with Crippen LogP contribution in [-0.2, 0) is 16.5 Å². The predicted molar refractivity (Wildman–Crippen MR) is 36.2 cm³/mol. The summed E-state index contributed by atoms with van der Waals surface area (Å²) in [6.07, 6.45) is 0. The van der Waals surface area contributed by atoms with Gasteiger partial charge in [0.2, 0.25) is 0 Å². The van der Waals surface area contributed by atoms with E-state index >= 15 is 0 Å². The molecule has 0 saturated carbocycles. The maximum Gasteiger partial charge on any atom is 0.750 e. The molecule has 1 saturated heterocycles. The van der Waals surface area contributed by atoms with Gasteiger partial charge < -0.3 is 16.5 Å². The van der Waals surface area contributed by atoms with Crippen LogP contribution in [0.2, 0.25) is 0 Å². The average molecular weight is 328 g/mol. The van der Waals surface area contributed by atoms with Crippen molar-refractivity contribution in [2.24, 2.45) is 0 Å². The minimum Gasteiger partial charge on any atom is -0.314 e. The van der Waals surface area contributed by atoms with Crippen molar-refractivity contribution in [1.29, 1.82) is 0 Å². The van der Waals surface area contributed by atoms with E-state index in [1.54, 1.807) is 0 Å². The molecule has 4 nitrogen and oxygen atoms in total. The van der Waals surface area contributed by atoms with Gasteiger partial charge in [-0.15, -0.1) is 0 Å². The highest BCUT2D eigenvalue weighted by Gasteiger charge is 2.75. The van der Waals surface area contributed by atoms with Crippen LogP contribution in [0.5, 0.6) is 0 Å². The summed E-state index contributed by atoms with van der Waals surface area (Å²) in [6.45, 7) is 0. The average Bonchev–Trinajstić information content (AvgIpc) is 1.67. The minimum absolute atomic E-state index is 2.53. The molecule has 0 aliphatic carbocycles. The van der Waals surface area contributed by atoms with Gasteiger partial charge in [0.15, 0.2) is 0 Å². The van der Waals surface area contributed by atoms with Crippen LogP contribution in [0.15, 0.2) is 0 Å². The Balaban J connectivity index is 2.98. The van der Waals surface area contributed by atoms with Crippen LogP contribution in [0.3, 0.4) is 0 Å². The van der Waals surface area contributed by atoms with E-state index in [1.807, 2.05) is 0 Å². The molecule has 0 aromatic carbocycles. The molecule has 0 unspecified atom stereocenters. The Morgan fingerprint density at radius 1 is 0.375 bits per heavy atom. The van der Waals surface area contributed by atoms with Gasteiger partial charge in [0.1, 0.15) is 0 Å². The fourth-order valence-electron chi connectivity index (χ4n) is 0.637. The van der Waals surface area contributed by atoms with Crippen LogP contribution in [0, 0.1) is 0 Å². The fraction of sp³-hybridized carbons (Fsp3) is 0. The quantitative estimate of drug-likeness (QED) is 0.384. The molecule has 0 aromatic rings. The Kier molecular flexibility index (Phi) is 3.40. The van der Waals surface area contributed by atoms with Crippen LogP contribution in [-0.4, -0.2) is 36.9 Å². The number of hydrogen-bond acceptors (Lipinski definition) is 4. The fourth-order valence-corrected chi connectivity index (χ4v) is 7.23. The molecular weight excluding hydrogens is 328 g/mol. The molecule has 96 valence electrons. The standard InChI is InChI=1S/F8O4Si4/c1-13(2)9-14(3,4)11-16(7,8)12-15(5,6)10-13. The van der Waals surface area contributed by atoms with E-state index in [1.165, 1.54) is 0 Å². The van der Waals surface area contributed by atoms with Crippen LogP contribution in [0.4, 0.5) is 32.9 Å². The Hall–Kier alpha value is 0.148. The highest BCUT2D eigenvalue weighted by Crippen LogP contribution is 2.34. The van der Waals surface area contributed by atoms with Gasteiger partial charge in [-0.1, -0.05) is 0 Å². The third kappa shape index (κ3) is 4.19. The highest BCUT2D eigenvalue weighted by molar-refractivity contribution is 6.81. The van der Waals surface area contributed by atoms with E-state index in [0.29, 0.717) is 0 Å². The second-order valence-electron chi connectivity index (χ2n) is 2.26. The SMILES string of the molecule is F[Si]1(F)O[Si](F)(F)O[Si](F)(F)O[Si](F)(F)O1. The summed E-state index contributed by atoms with van der Waals surface area (Å²) in [5, 5.41) is 0. The Morgan fingerprint density at radius 2 is 0.500 bits per heavy atom. The van der Waals surface area contributed by atoms with Gasteiger partial charge in [0.25, 0.3) is 0 Å². The van der Waals surface area contributed by atoms with Crippen molar-refractivity contribution >= 4 is 36.9 Å². The number of hydrogen-bond donors (Lipinski definition) is 0. The maximum absolute atomic E-state index is 12.3. The lowest BCUT2D eigenvalue weighted by Crippen LogP contribution is -2.61. The van der Waals surface area contributed by atoms with E-state index < -0.39 is 36.9 Å². The van der Waals surface area contributed by atoms with Crippen molar-refractivity contribution in [3.05, 3.63) is 0 Å². The molecule has 16 heteroatoms. The largest absolute Gasteiger partial charge is 0.750 e. The van der Waals surface area contributed by atoms with E-state index in [4.69, 9.17) is 0 Å². The van der Waals surface area contributed by atoms with E-state index in [9.17, 15) is 32.9 Å². The molecule has 1 aliphatic heterocycles. The van der Waals surface area contributed by atoms with Crippen molar-refractivity contribution in [3.63, 3.8) is 0 Å². The van der Waals surface area contributed by atoms with Crippen molar-refractivity contribution in [1.82, 2.24) is 0 Å². The first-order valence-electron chi connectivity index (χ1n) is 3.14. The zero-order chi connectivity index (χ0) is 12.8. The molecule has 0 atom stereocenters. The highest BCUT2D eigenvalue weighted by atomic mass is 28.6. The molecule has 0 bridgehead atoms. The van der Waals surface area contributed by atoms with Gasteiger partial charge in [-0.3, -0.25) is 0 Å². The van der Waals surface area contributed by atoms with E-state index in [0.717, 1.165) is 0 Å². The minimum atomic E-state index is -6.94. The summed E-state index contributed by atoms with van der Waals surface area (Å²) in [5.41, 5.74) is 0. The monoisotopic (exact) mass is 328 g/mol. The van der Waals surface area contributed by atoms with Gasteiger partial charge in [-0.25, -0.2) is 32.9 Å². The smallest absolute Gasteiger partial charge is 0.314 e. The summed E-state index contributed by atoms with van der Waals surface area (Å²) in [5.74, 6) is 0. The number of halogens is 8. The van der Waals surface area contributed by atoms with Gasteiger partial charge in [-0.05, 0) is 0 Å². The zero-order valence-electron chi connectivity index (χ0n) is 6.66. The van der Waals surface area contributed by atoms with Crippen molar-refractivity contribution in [2.45, 2.75) is 0 Å². The van der Waals surface area contributed by atoms with Gasteiger partial charge in [0, 0.05) is 0 Å². The van der Waals surface area contributed by atoms with Crippen LogP contribution in [0.25, 0.3) is 0 Å². The third-order valence-corrected chi connectivity index (χ3v) is 8.55. The second-order valence-corrected chi connectivity index (χ2v) is 9.23. The van der Waals surface area contributed by atoms with Crippen molar-refractivity contribution < 1.29 is 49.3 Å². The van der Waals surface area contributed by atoms with Gasteiger partial charge >= 0.3 is 36.9 Å². The maximum atomic E-state index is 12.3. The Labute approximate surface area is 87.1 Å². The summed E-state index contributed by atoms with van der Waals surface area (Å²) in [6, 6.07) is 0. The lowest BCUT2D eigenvalue weighted by atomic mass is 15.7. The van der Waals surface area contributed by atoms with Crippen LogP contribution in [0.1, 0.15) is 0 Å². The van der Waals surface area contributed by atoms with E-state index in [2.05, 4.69) is 16.5 Å². The summed E-state index contributed by atoms with van der Waals surface area (Å²) < 4.78 is 109. The first-order valence-corrected chi connectivity index (χ1v) is 9.43. The van der Waals surface area contributed by atoms with Gasteiger partial charge in [-0.2, -0.15) is 0 Å². The van der Waals surface area contributed by atoms with E-state index in [-0.39, 0.29) is 0 Å². The molecule has 0 amide bonds. The zero-order valence-corrected chi connectivity index (χ0v) is 10.7. The third-order valence-electron chi connectivity index (χ3n) is 0.951. The molecule has 0 radical (unpaired) electrons. The van der Waals surface area contributed by atoms with Crippen molar-refractivity contribution in [3.8, 4) is 0 Å². The topological polar surface area (TPSA) is 36.9 Å². The first kappa shape index (κ1) is 14.2. The van der Waals surface area contributed by atoms with Crippen molar-refractivity contribution in [2.75, 3.05) is 0 Å². The second kappa shape index (κ2) is 3.83. The Bertz CT molecular complexity index is 205. The summed E-state index contributed by atoms with van der Waals surface area (Å²) >= 11 is 0. The molecular formula is F8O4Si4. The molecule has 1 heterocycles. The van der Waals surface area contributed by atoms with Crippen LogP contribution >= 0.6 is 0 Å². The molecule has 0 N–H and O–H groups in total. The molecule has 1 fully saturated rings. The van der Waals surface area contributed by atoms with Crippen LogP contribution < -0.4 is 0 Å². The molecule has 1 rings (SSSR count). The molecule has 0 spiro atoms. The number of rotatable bonds is 0. The summed E-state index contributed by atoms with van der Waals surface area (Å²) in [4.78, 5) is 0. The molecule has 16 heavy (non-hydrogen) atoms. The molecule has 1 aliphatic rings.